The summed E-state index contributed by atoms with van der Waals surface area (Å²) in [7, 11) is 0. The molecule has 0 spiro atoms. The van der Waals surface area contributed by atoms with Gasteiger partial charge in [0.15, 0.2) is 5.82 Å². The summed E-state index contributed by atoms with van der Waals surface area (Å²) in [6, 6.07) is 4.00. The summed E-state index contributed by atoms with van der Waals surface area (Å²) in [4.78, 5) is 8.54. The zero-order valence-electron chi connectivity index (χ0n) is 6.44. The Balaban J connectivity index is 2.51. The smallest absolute Gasteiger partial charge is 0.159 e. The predicted octanol–water partition coefficient (Wildman–Crippen LogP) is 1.75. The lowest BCUT2D eigenvalue weighted by Gasteiger charge is -1.89. The number of nitrogens with zero attached hydrogens (tertiary/aromatic N) is 3. The summed E-state index contributed by atoms with van der Waals surface area (Å²) in [5, 5.41) is 1.17. The highest BCUT2D eigenvalue weighted by Crippen LogP contribution is 2.28. The minimum absolute atomic E-state index is 0.881. The van der Waals surface area contributed by atoms with Crippen molar-refractivity contribution in [1.29, 1.82) is 0 Å². The highest BCUT2D eigenvalue weighted by molar-refractivity contribution is 5.91. The Morgan fingerprint density at radius 2 is 2.42 bits per heavy atom. The number of fused-ring (bicyclic) bond motifs is 3. The van der Waals surface area contributed by atoms with Gasteiger partial charge < -0.3 is 4.57 Å². The third-order valence-corrected chi connectivity index (χ3v) is 2.11. The van der Waals surface area contributed by atoms with Crippen LogP contribution in [0.25, 0.3) is 10.9 Å². The maximum atomic E-state index is 4.28. The molecule has 0 bridgehead atoms. The standard InChI is InChI=1S/C9H7N3/c1-2-7-6-12-5-4-11-9(12)8(7)10-3-1/h1-4,6H,5H2. The molecule has 2 aromatic heterocycles. The second kappa shape index (κ2) is 1.94. The maximum Gasteiger partial charge on any atom is 0.159 e. The van der Waals surface area contributed by atoms with Crippen LogP contribution in [0.2, 0.25) is 0 Å². The molecule has 1 aliphatic rings. The first-order chi connectivity index (χ1) is 5.95. The quantitative estimate of drug-likeness (QED) is 0.573. The lowest BCUT2D eigenvalue weighted by atomic mass is 10.3. The summed E-state index contributed by atoms with van der Waals surface area (Å²) < 4.78 is 2.11. The monoisotopic (exact) mass is 157 g/mol. The van der Waals surface area contributed by atoms with E-state index in [1.54, 1.807) is 6.20 Å². The van der Waals surface area contributed by atoms with Gasteiger partial charge in [-0.05, 0) is 12.1 Å². The molecule has 0 fully saturated rings. The Hall–Kier alpha value is -1.64. The molecule has 0 unspecified atom stereocenters. The fraction of sp³-hybridized carbons (Fsp3) is 0.111. The van der Waals surface area contributed by atoms with Gasteiger partial charge in [-0.3, -0.25) is 4.98 Å². The summed E-state index contributed by atoms with van der Waals surface area (Å²) in [5.41, 5.74) is 1.01. The van der Waals surface area contributed by atoms with E-state index in [0.717, 1.165) is 17.9 Å². The molecular weight excluding hydrogens is 150 g/mol. The molecule has 3 nitrogen and oxygen atoms in total. The Kier molecular flexibility index (Phi) is 0.961. The largest absolute Gasteiger partial charge is 0.325 e. The maximum absolute atomic E-state index is 4.28. The van der Waals surface area contributed by atoms with Crippen molar-refractivity contribution in [3.8, 4) is 0 Å². The molecule has 0 aliphatic carbocycles. The van der Waals surface area contributed by atoms with Crippen molar-refractivity contribution in [2.75, 3.05) is 0 Å². The molecule has 0 N–H and O–H groups in total. The third-order valence-electron chi connectivity index (χ3n) is 2.11. The van der Waals surface area contributed by atoms with Gasteiger partial charge in [0.05, 0.1) is 6.54 Å². The van der Waals surface area contributed by atoms with Crippen molar-refractivity contribution < 1.29 is 0 Å². The van der Waals surface area contributed by atoms with Gasteiger partial charge in [-0.25, -0.2) is 4.99 Å². The van der Waals surface area contributed by atoms with Crippen molar-refractivity contribution in [3.05, 3.63) is 24.5 Å². The van der Waals surface area contributed by atoms with Gasteiger partial charge in [0, 0.05) is 24.0 Å². The molecule has 0 saturated carbocycles. The van der Waals surface area contributed by atoms with E-state index in [1.807, 2.05) is 12.3 Å². The van der Waals surface area contributed by atoms with Crippen molar-refractivity contribution in [2.45, 2.75) is 6.54 Å². The summed E-state index contributed by atoms with van der Waals surface area (Å²) >= 11 is 0. The number of rotatable bonds is 0. The third kappa shape index (κ3) is 0.605. The van der Waals surface area contributed by atoms with E-state index in [2.05, 4.69) is 26.8 Å². The number of pyridine rings is 1. The van der Waals surface area contributed by atoms with Crippen LogP contribution >= 0.6 is 0 Å². The van der Waals surface area contributed by atoms with Gasteiger partial charge in [-0.2, -0.15) is 0 Å². The first-order valence-corrected chi connectivity index (χ1v) is 3.91. The fourth-order valence-corrected chi connectivity index (χ4v) is 1.56. The number of hydrogen-bond donors (Lipinski definition) is 0. The van der Waals surface area contributed by atoms with Crippen molar-refractivity contribution in [1.82, 2.24) is 9.55 Å². The van der Waals surface area contributed by atoms with Crippen LogP contribution in [0, 0.1) is 0 Å². The van der Waals surface area contributed by atoms with E-state index in [-0.39, 0.29) is 0 Å². The van der Waals surface area contributed by atoms with Gasteiger partial charge in [-0.15, -0.1) is 0 Å². The highest BCUT2D eigenvalue weighted by Gasteiger charge is 2.11. The van der Waals surface area contributed by atoms with Crippen LogP contribution < -0.4 is 0 Å². The first kappa shape index (κ1) is 5.94. The molecule has 0 saturated heterocycles. The normalized spacial score (nSPS) is 14.0. The Morgan fingerprint density at radius 1 is 1.42 bits per heavy atom. The molecule has 0 aromatic carbocycles. The fourth-order valence-electron chi connectivity index (χ4n) is 1.56. The van der Waals surface area contributed by atoms with Crippen LogP contribution in [-0.4, -0.2) is 15.8 Å². The van der Waals surface area contributed by atoms with Crippen LogP contribution in [0.4, 0.5) is 5.82 Å². The molecule has 3 heteroatoms. The minimum atomic E-state index is 0.881. The predicted molar refractivity (Wildman–Crippen MR) is 47.9 cm³/mol. The topological polar surface area (TPSA) is 30.2 Å². The number of aliphatic imine (C=N–C) groups is 1. The van der Waals surface area contributed by atoms with Crippen LogP contribution in [0.15, 0.2) is 29.5 Å². The molecular formula is C9H7N3. The summed E-state index contributed by atoms with van der Waals surface area (Å²) in [6.45, 7) is 0.881. The van der Waals surface area contributed by atoms with Crippen molar-refractivity contribution in [2.24, 2.45) is 4.99 Å². The van der Waals surface area contributed by atoms with E-state index < -0.39 is 0 Å². The number of hydrogen-bond acceptors (Lipinski definition) is 2. The molecule has 0 amide bonds. The molecule has 2 aromatic rings. The van der Waals surface area contributed by atoms with Crippen LogP contribution in [-0.2, 0) is 6.54 Å². The number of aromatic nitrogens is 2. The van der Waals surface area contributed by atoms with Crippen LogP contribution in [0.1, 0.15) is 0 Å². The van der Waals surface area contributed by atoms with E-state index in [1.165, 1.54) is 5.39 Å². The Labute approximate surface area is 69.4 Å². The first-order valence-electron chi connectivity index (χ1n) is 3.91. The second-order valence-electron chi connectivity index (χ2n) is 2.86. The van der Waals surface area contributed by atoms with Gasteiger partial charge in [0.1, 0.15) is 5.52 Å². The Bertz CT molecular complexity index is 468. The van der Waals surface area contributed by atoms with Gasteiger partial charge >= 0.3 is 0 Å². The van der Waals surface area contributed by atoms with E-state index in [4.69, 9.17) is 0 Å². The minimum Gasteiger partial charge on any atom is -0.325 e. The molecule has 58 valence electrons. The van der Waals surface area contributed by atoms with Crippen molar-refractivity contribution >= 4 is 22.9 Å². The second-order valence-corrected chi connectivity index (χ2v) is 2.86. The van der Waals surface area contributed by atoms with Gasteiger partial charge in [-0.1, -0.05) is 0 Å². The van der Waals surface area contributed by atoms with E-state index in [0.29, 0.717) is 0 Å². The average molecular weight is 157 g/mol. The molecule has 12 heavy (non-hydrogen) atoms. The average Bonchev–Trinajstić information content (AvgIpc) is 2.62. The van der Waals surface area contributed by atoms with Gasteiger partial charge in [0.25, 0.3) is 0 Å². The molecule has 1 aliphatic heterocycles. The zero-order valence-corrected chi connectivity index (χ0v) is 6.44. The summed E-state index contributed by atoms with van der Waals surface area (Å²) in [5.74, 6) is 0.991. The molecule has 3 rings (SSSR count). The zero-order chi connectivity index (χ0) is 7.97. The lowest BCUT2D eigenvalue weighted by Crippen LogP contribution is -1.87. The van der Waals surface area contributed by atoms with Crippen LogP contribution in [0.3, 0.4) is 0 Å². The van der Waals surface area contributed by atoms with E-state index >= 15 is 0 Å². The SMILES string of the molecule is C1=Nc2c3ncccc3cn2C1. The van der Waals surface area contributed by atoms with Crippen molar-refractivity contribution in [3.63, 3.8) is 0 Å². The molecule has 3 heterocycles. The van der Waals surface area contributed by atoms with Gasteiger partial charge in [0.2, 0.25) is 0 Å². The highest BCUT2D eigenvalue weighted by atomic mass is 15.1. The lowest BCUT2D eigenvalue weighted by molar-refractivity contribution is 0.913. The van der Waals surface area contributed by atoms with Crippen LogP contribution in [0.5, 0.6) is 0 Å². The van der Waals surface area contributed by atoms with E-state index in [9.17, 15) is 0 Å². The Morgan fingerprint density at radius 3 is 3.42 bits per heavy atom. The summed E-state index contributed by atoms with van der Waals surface area (Å²) in [6.07, 6.45) is 5.80. The molecule has 0 atom stereocenters. The molecule has 0 radical (unpaired) electrons.